The summed E-state index contributed by atoms with van der Waals surface area (Å²) < 4.78 is 14.3. The molecule has 2 fully saturated rings. The number of pyridine rings is 1. The fraction of sp³-hybridized carbons (Fsp3) is 0.483. The van der Waals surface area contributed by atoms with Crippen molar-refractivity contribution in [3.63, 3.8) is 0 Å². The Morgan fingerprint density at radius 2 is 1.62 bits per heavy atom. The Hall–Kier alpha value is -3.86. The number of benzene rings is 1. The number of halogens is 1. The molecular formula is C29H37FN8O2. The van der Waals surface area contributed by atoms with Crippen LogP contribution in [0.1, 0.15) is 31.4 Å². The van der Waals surface area contributed by atoms with Gasteiger partial charge in [-0.05, 0) is 55.6 Å². The first-order valence-corrected chi connectivity index (χ1v) is 14.1. The lowest BCUT2D eigenvalue weighted by atomic mass is 10.1. The summed E-state index contributed by atoms with van der Waals surface area (Å²) in [5.74, 6) is 2.14. The average Bonchev–Trinajstić information content (AvgIpc) is 2.98. The number of hydrogen-bond donors (Lipinski definition) is 0. The molecule has 10 nitrogen and oxygen atoms in total. The van der Waals surface area contributed by atoms with Crippen molar-refractivity contribution in [3.8, 4) is 11.3 Å². The van der Waals surface area contributed by atoms with Gasteiger partial charge in [0.25, 0.3) is 5.69 Å². The zero-order valence-corrected chi connectivity index (χ0v) is 23.5. The van der Waals surface area contributed by atoms with E-state index < -0.39 is 4.92 Å². The molecule has 4 heterocycles. The maximum atomic E-state index is 14.3. The van der Waals surface area contributed by atoms with Gasteiger partial charge < -0.3 is 14.7 Å². The highest BCUT2D eigenvalue weighted by atomic mass is 19.1. The topological polar surface area (TPSA) is 94.8 Å². The first-order valence-electron chi connectivity index (χ1n) is 14.1. The van der Waals surface area contributed by atoms with Crippen molar-refractivity contribution in [3.05, 3.63) is 63.6 Å². The second-order valence-electron chi connectivity index (χ2n) is 10.5. The van der Waals surface area contributed by atoms with Crippen LogP contribution in [0.5, 0.6) is 0 Å². The number of aromatic nitrogens is 3. The summed E-state index contributed by atoms with van der Waals surface area (Å²) >= 11 is 0. The summed E-state index contributed by atoms with van der Waals surface area (Å²) in [7, 11) is 0. The van der Waals surface area contributed by atoms with Gasteiger partial charge >= 0.3 is 0 Å². The molecule has 212 valence electrons. The number of rotatable bonds is 8. The van der Waals surface area contributed by atoms with Crippen LogP contribution in [0.3, 0.4) is 0 Å². The van der Waals surface area contributed by atoms with Crippen molar-refractivity contribution in [2.75, 3.05) is 73.6 Å². The minimum atomic E-state index is -0.416. The molecule has 2 aromatic heterocycles. The Balaban J connectivity index is 1.40. The van der Waals surface area contributed by atoms with Crippen molar-refractivity contribution in [2.24, 2.45) is 0 Å². The molecule has 0 amide bonds. The second-order valence-corrected chi connectivity index (χ2v) is 10.5. The Labute approximate surface area is 234 Å². The van der Waals surface area contributed by atoms with Crippen LogP contribution in [0.2, 0.25) is 0 Å². The number of anilines is 3. The van der Waals surface area contributed by atoms with E-state index in [1.54, 1.807) is 12.1 Å². The van der Waals surface area contributed by atoms with Gasteiger partial charge in [0.15, 0.2) is 0 Å². The molecule has 2 saturated heterocycles. The largest absolute Gasteiger partial charge is 0.353 e. The summed E-state index contributed by atoms with van der Waals surface area (Å²) in [4.78, 5) is 34.2. The van der Waals surface area contributed by atoms with Crippen LogP contribution in [0.15, 0.2) is 36.5 Å². The molecule has 0 spiro atoms. The molecule has 0 bridgehead atoms. The smallest absolute Gasteiger partial charge is 0.287 e. The van der Waals surface area contributed by atoms with Gasteiger partial charge in [-0.2, -0.15) is 4.98 Å². The Morgan fingerprint density at radius 1 is 0.925 bits per heavy atom. The highest BCUT2D eigenvalue weighted by molar-refractivity contribution is 5.66. The fourth-order valence-electron chi connectivity index (χ4n) is 5.50. The first-order chi connectivity index (χ1) is 19.4. The van der Waals surface area contributed by atoms with Crippen LogP contribution < -0.4 is 14.7 Å². The molecule has 11 heteroatoms. The third kappa shape index (κ3) is 5.99. The van der Waals surface area contributed by atoms with Gasteiger partial charge in [-0.15, -0.1) is 0 Å². The summed E-state index contributed by atoms with van der Waals surface area (Å²) in [6.07, 6.45) is 3.08. The van der Waals surface area contributed by atoms with Crippen LogP contribution in [0, 0.1) is 22.9 Å². The van der Waals surface area contributed by atoms with Gasteiger partial charge in [0.1, 0.15) is 23.6 Å². The normalized spacial score (nSPS) is 16.4. The lowest BCUT2D eigenvalue weighted by molar-refractivity contribution is -0.385. The minimum absolute atomic E-state index is 0.00322. The van der Waals surface area contributed by atoms with Crippen LogP contribution in [-0.4, -0.2) is 83.7 Å². The summed E-state index contributed by atoms with van der Waals surface area (Å²) in [6.45, 7) is 13.7. The molecule has 5 rings (SSSR count). The summed E-state index contributed by atoms with van der Waals surface area (Å²) in [5.41, 5.74) is 3.15. The zero-order valence-electron chi connectivity index (χ0n) is 23.5. The summed E-state index contributed by atoms with van der Waals surface area (Å²) in [6, 6.07) is 8.80. The van der Waals surface area contributed by atoms with E-state index in [1.165, 1.54) is 12.3 Å². The Morgan fingerprint density at radius 3 is 2.27 bits per heavy atom. The third-order valence-corrected chi connectivity index (χ3v) is 7.77. The van der Waals surface area contributed by atoms with Crippen LogP contribution in [0.25, 0.3) is 11.3 Å². The van der Waals surface area contributed by atoms with Crippen LogP contribution in [-0.2, 0) is 6.42 Å². The number of aryl methyl sites for hydroxylation is 2. The van der Waals surface area contributed by atoms with E-state index in [-0.39, 0.29) is 11.5 Å². The molecule has 40 heavy (non-hydrogen) atoms. The molecular weight excluding hydrogens is 511 g/mol. The summed E-state index contributed by atoms with van der Waals surface area (Å²) in [5, 5.41) is 11.1. The third-order valence-electron chi connectivity index (χ3n) is 7.77. The standard InChI is InChI=1S/C29H37FN8O2/c1-4-8-34-9-11-37(12-10-34)29-32-26(23-6-7-25(30)22(5-2)18-23)19-27(33-29)35-13-15-36(16-14-35)28-21(3)17-24(20-31-28)38(39)40/h6-7,17-20H,4-5,8-16H2,1-3H3. The average molecular weight is 549 g/mol. The van der Waals surface area contributed by atoms with Crippen molar-refractivity contribution in [1.82, 2.24) is 19.9 Å². The quantitative estimate of drug-likeness (QED) is 0.301. The SMILES string of the molecule is CCCN1CCN(c2nc(-c3ccc(F)c(CC)c3)cc(N3CCN(c4ncc([N+](=O)[O-])cc4C)CC3)n2)CC1. The number of nitro groups is 1. The van der Waals surface area contributed by atoms with Gasteiger partial charge in [0, 0.05) is 70.1 Å². The van der Waals surface area contributed by atoms with E-state index in [2.05, 4.69) is 31.5 Å². The number of hydrogen-bond acceptors (Lipinski definition) is 9. The molecule has 1 aromatic carbocycles. The first kappa shape index (κ1) is 27.7. The molecule has 0 radical (unpaired) electrons. The molecule has 3 aromatic rings. The van der Waals surface area contributed by atoms with E-state index in [9.17, 15) is 14.5 Å². The highest BCUT2D eigenvalue weighted by Crippen LogP contribution is 2.29. The van der Waals surface area contributed by atoms with Crippen molar-refractivity contribution < 1.29 is 9.31 Å². The molecule has 2 aliphatic rings. The van der Waals surface area contributed by atoms with E-state index in [4.69, 9.17) is 9.97 Å². The number of piperazine rings is 2. The molecule has 0 aliphatic carbocycles. The van der Waals surface area contributed by atoms with Gasteiger partial charge in [-0.3, -0.25) is 15.0 Å². The lowest BCUT2D eigenvalue weighted by Crippen LogP contribution is -2.48. The van der Waals surface area contributed by atoms with Gasteiger partial charge in [-0.25, -0.2) is 14.4 Å². The molecule has 0 unspecified atom stereocenters. The van der Waals surface area contributed by atoms with E-state index in [0.29, 0.717) is 31.0 Å². The van der Waals surface area contributed by atoms with Crippen molar-refractivity contribution >= 4 is 23.3 Å². The van der Waals surface area contributed by atoms with E-state index in [0.717, 1.165) is 80.7 Å². The minimum Gasteiger partial charge on any atom is -0.353 e. The Kier molecular flexibility index (Phi) is 8.39. The van der Waals surface area contributed by atoms with E-state index in [1.807, 2.05) is 26.0 Å². The molecule has 0 saturated carbocycles. The predicted molar refractivity (Wildman–Crippen MR) is 156 cm³/mol. The monoisotopic (exact) mass is 548 g/mol. The van der Waals surface area contributed by atoms with Gasteiger partial charge in [0.2, 0.25) is 5.95 Å². The second kappa shape index (κ2) is 12.1. The van der Waals surface area contributed by atoms with Gasteiger partial charge in [0.05, 0.1) is 10.6 Å². The zero-order chi connectivity index (χ0) is 28.2. The van der Waals surface area contributed by atoms with Crippen LogP contribution in [0.4, 0.5) is 27.7 Å². The molecule has 0 N–H and O–H groups in total. The lowest BCUT2D eigenvalue weighted by Gasteiger charge is -2.38. The van der Waals surface area contributed by atoms with Crippen LogP contribution >= 0.6 is 0 Å². The van der Waals surface area contributed by atoms with Gasteiger partial charge in [-0.1, -0.05) is 13.8 Å². The van der Waals surface area contributed by atoms with E-state index >= 15 is 0 Å². The Bertz CT molecular complexity index is 1350. The van der Waals surface area contributed by atoms with Crippen molar-refractivity contribution in [2.45, 2.75) is 33.6 Å². The highest BCUT2D eigenvalue weighted by Gasteiger charge is 2.25. The molecule has 2 aliphatic heterocycles. The maximum Gasteiger partial charge on any atom is 0.287 e. The maximum absolute atomic E-state index is 14.3. The predicted octanol–water partition coefficient (Wildman–Crippen LogP) is 4.32. The van der Waals surface area contributed by atoms with Crippen molar-refractivity contribution in [1.29, 1.82) is 0 Å². The number of nitrogens with zero attached hydrogens (tertiary/aromatic N) is 8. The molecule has 0 atom stereocenters. The fourth-order valence-corrected chi connectivity index (χ4v) is 5.50.